The summed E-state index contributed by atoms with van der Waals surface area (Å²) in [6.07, 6.45) is 1.50. The van der Waals surface area contributed by atoms with E-state index in [0.717, 1.165) is 4.47 Å². The number of benzene rings is 3. The molecule has 4 aromatic rings. The third-order valence-corrected chi connectivity index (χ3v) is 7.85. The van der Waals surface area contributed by atoms with Crippen LogP contribution in [0.4, 0.5) is 10.1 Å². The van der Waals surface area contributed by atoms with E-state index in [-0.39, 0.29) is 12.2 Å². The van der Waals surface area contributed by atoms with Crippen molar-refractivity contribution in [2.45, 2.75) is 13.8 Å². The lowest BCUT2D eigenvalue weighted by molar-refractivity contribution is -0.118. The van der Waals surface area contributed by atoms with E-state index < -0.39 is 11.7 Å². The van der Waals surface area contributed by atoms with Crippen molar-refractivity contribution in [2.75, 3.05) is 18.5 Å². The van der Waals surface area contributed by atoms with Crippen LogP contribution in [0.1, 0.15) is 18.3 Å². The molecule has 0 saturated heterocycles. The lowest BCUT2D eigenvalue weighted by Crippen LogP contribution is -2.21. The largest absolute Gasteiger partial charge is 0.490 e. The third kappa shape index (κ3) is 6.30. The molecule has 196 valence electrons. The van der Waals surface area contributed by atoms with E-state index in [9.17, 15) is 14.0 Å². The standard InChI is InChI=1S/C26H20Br3FN4O4/c1-3-37-21-10-15(12-31-34-14(2)32-20-9-4-16(27)11-19(20)26(34)36)23(28)24(29)25(21)38-13-22(35)33-18-7-5-17(30)6-8-18/h4-12H,3,13H2,1-2H3,(H,33,35). The number of anilines is 1. The van der Waals surface area contributed by atoms with Crippen LogP contribution in [0.15, 0.2) is 71.8 Å². The molecule has 0 aliphatic carbocycles. The van der Waals surface area contributed by atoms with Crippen molar-refractivity contribution in [1.29, 1.82) is 0 Å². The summed E-state index contributed by atoms with van der Waals surface area (Å²) < 4.78 is 27.7. The van der Waals surface area contributed by atoms with Gasteiger partial charge in [0.1, 0.15) is 11.6 Å². The van der Waals surface area contributed by atoms with Crippen LogP contribution in [0.25, 0.3) is 10.9 Å². The number of aryl methyl sites for hydroxylation is 1. The fraction of sp³-hybridized carbons (Fsp3) is 0.154. The molecule has 0 aliphatic heterocycles. The maximum Gasteiger partial charge on any atom is 0.282 e. The molecule has 4 rings (SSSR count). The van der Waals surface area contributed by atoms with Crippen LogP contribution in [0.2, 0.25) is 0 Å². The first-order valence-electron chi connectivity index (χ1n) is 11.2. The second-order valence-corrected chi connectivity index (χ2v) is 10.4. The molecule has 0 bridgehead atoms. The molecule has 0 saturated carbocycles. The molecule has 12 heteroatoms. The van der Waals surface area contributed by atoms with Gasteiger partial charge in [0, 0.05) is 20.2 Å². The van der Waals surface area contributed by atoms with Crippen molar-refractivity contribution in [2.24, 2.45) is 5.10 Å². The second-order valence-electron chi connectivity index (χ2n) is 7.88. The van der Waals surface area contributed by atoms with Gasteiger partial charge in [0.2, 0.25) is 0 Å². The van der Waals surface area contributed by atoms with Crippen LogP contribution in [0.5, 0.6) is 11.5 Å². The smallest absolute Gasteiger partial charge is 0.282 e. The van der Waals surface area contributed by atoms with Crippen molar-refractivity contribution in [3.05, 3.63) is 89.5 Å². The first kappa shape index (κ1) is 27.9. The van der Waals surface area contributed by atoms with Crippen LogP contribution < -0.4 is 20.3 Å². The topological polar surface area (TPSA) is 94.8 Å². The van der Waals surface area contributed by atoms with E-state index >= 15 is 0 Å². The van der Waals surface area contributed by atoms with Gasteiger partial charge in [0.25, 0.3) is 11.5 Å². The zero-order valence-corrected chi connectivity index (χ0v) is 24.9. The number of nitrogens with zero attached hydrogens (tertiary/aromatic N) is 3. The predicted octanol–water partition coefficient (Wildman–Crippen LogP) is 6.43. The molecular weight excluding hydrogens is 691 g/mol. The normalized spacial score (nSPS) is 11.2. The number of carbonyl (C=O) groups is 1. The van der Waals surface area contributed by atoms with E-state index in [1.807, 2.05) is 13.0 Å². The zero-order chi connectivity index (χ0) is 27.4. The number of amides is 1. The van der Waals surface area contributed by atoms with E-state index in [2.05, 4.69) is 63.2 Å². The molecule has 0 spiro atoms. The van der Waals surface area contributed by atoms with Crippen molar-refractivity contribution in [1.82, 2.24) is 9.66 Å². The Morgan fingerprint density at radius 3 is 2.55 bits per heavy atom. The summed E-state index contributed by atoms with van der Waals surface area (Å²) in [6, 6.07) is 12.4. The second kappa shape index (κ2) is 12.2. The summed E-state index contributed by atoms with van der Waals surface area (Å²) in [5.74, 6) is 0.258. The van der Waals surface area contributed by atoms with Gasteiger partial charge in [-0.2, -0.15) is 9.78 Å². The maximum atomic E-state index is 13.1. The van der Waals surface area contributed by atoms with Gasteiger partial charge < -0.3 is 14.8 Å². The summed E-state index contributed by atoms with van der Waals surface area (Å²) in [5, 5.41) is 7.45. The van der Waals surface area contributed by atoms with Gasteiger partial charge in [-0.05, 0) is 94.2 Å². The van der Waals surface area contributed by atoms with E-state index in [1.54, 1.807) is 25.1 Å². The number of nitrogens with one attached hydrogen (secondary N) is 1. The predicted molar refractivity (Wildman–Crippen MR) is 155 cm³/mol. The minimum Gasteiger partial charge on any atom is -0.490 e. The van der Waals surface area contributed by atoms with E-state index in [4.69, 9.17) is 9.47 Å². The fourth-order valence-electron chi connectivity index (χ4n) is 3.48. The number of carbonyl (C=O) groups excluding carboxylic acids is 1. The molecule has 1 N–H and O–H groups in total. The number of ether oxygens (including phenoxy) is 2. The van der Waals surface area contributed by atoms with Gasteiger partial charge >= 0.3 is 0 Å². The Morgan fingerprint density at radius 1 is 1.11 bits per heavy atom. The Bertz CT molecular complexity index is 1610. The highest BCUT2D eigenvalue weighted by Crippen LogP contribution is 2.42. The molecule has 0 aliphatic rings. The molecule has 0 atom stereocenters. The quantitative estimate of drug-likeness (QED) is 0.213. The highest BCUT2D eigenvalue weighted by Gasteiger charge is 2.18. The van der Waals surface area contributed by atoms with Gasteiger partial charge in [-0.25, -0.2) is 9.37 Å². The van der Waals surface area contributed by atoms with Crippen molar-refractivity contribution in [3.63, 3.8) is 0 Å². The molecule has 3 aromatic carbocycles. The minimum atomic E-state index is -0.432. The van der Waals surface area contributed by atoms with Crippen molar-refractivity contribution in [3.8, 4) is 11.5 Å². The molecule has 1 aromatic heterocycles. The number of fused-ring (bicyclic) bond motifs is 1. The highest BCUT2D eigenvalue weighted by atomic mass is 79.9. The van der Waals surface area contributed by atoms with Gasteiger partial charge in [-0.1, -0.05) is 15.9 Å². The first-order valence-corrected chi connectivity index (χ1v) is 13.6. The number of halogens is 4. The lowest BCUT2D eigenvalue weighted by atomic mass is 10.2. The van der Waals surface area contributed by atoms with Crippen LogP contribution in [-0.4, -0.2) is 35.0 Å². The highest BCUT2D eigenvalue weighted by molar-refractivity contribution is 9.13. The molecule has 0 fully saturated rings. The average molecular weight is 711 g/mol. The molecule has 38 heavy (non-hydrogen) atoms. The molecule has 0 radical (unpaired) electrons. The van der Waals surface area contributed by atoms with Crippen molar-refractivity contribution < 1.29 is 18.7 Å². The Hall–Kier alpha value is -3.09. The van der Waals surface area contributed by atoms with E-state index in [1.165, 1.54) is 35.2 Å². The Kier molecular flexibility index (Phi) is 8.95. The summed E-state index contributed by atoms with van der Waals surface area (Å²) in [5.41, 5.74) is 1.30. The molecule has 8 nitrogen and oxygen atoms in total. The van der Waals surface area contributed by atoms with Crippen LogP contribution in [-0.2, 0) is 4.79 Å². The van der Waals surface area contributed by atoms with Crippen molar-refractivity contribution >= 4 is 76.5 Å². The fourth-order valence-corrected chi connectivity index (χ4v) is 4.78. The number of hydrogen-bond acceptors (Lipinski definition) is 6. The molecular formula is C26H20Br3FN4O4. The molecule has 1 amide bonds. The van der Waals surface area contributed by atoms with E-state index in [0.29, 0.717) is 55.0 Å². The summed E-state index contributed by atoms with van der Waals surface area (Å²) in [4.78, 5) is 29.9. The maximum absolute atomic E-state index is 13.1. The van der Waals surface area contributed by atoms with Gasteiger partial charge in [-0.15, -0.1) is 0 Å². The Morgan fingerprint density at radius 2 is 1.84 bits per heavy atom. The van der Waals surface area contributed by atoms with Gasteiger partial charge in [-0.3, -0.25) is 9.59 Å². The Balaban J connectivity index is 1.61. The molecule has 0 unspecified atom stereocenters. The summed E-state index contributed by atoms with van der Waals surface area (Å²) >= 11 is 10.4. The number of hydrogen-bond donors (Lipinski definition) is 1. The first-order chi connectivity index (χ1) is 18.2. The molecule has 1 heterocycles. The average Bonchev–Trinajstić information content (AvgIpc) is 2.88. The minimum absolute atomic E-state index is 0.302. The third-order valence-electron chi connectivity index (χ3n) is 5.21. The van der Waals surface area contributed by atoms with Crippen LogP contribution in [0.3, 0.4) is 0 Å². The Labute approximate surface area is 242 Å². The monoisotopic (exact) mass is 708 g/mol. The van der Waals surface area contributed by atoms with Gasteiger partial charge in [0.15, 0.2) is 18.1 Å². The SMILES string of the molecule is CCOc1cc(C=Nn2c(C)nc3ccc(Br)cc3c2=O)c(Br)c(Br)c1OCC(=O)Nc1ccc(F)cc1. The van der Waals surface area contributed by atoms with Crippen LogP contribution >= 0.6 is 47.8 Å². The van der Waals surface area contributed by atoms with Crippen LogP contribution in [0, 0.1) is 12.7 Å². The van der Waals surface area contributed by atoms with Gasteiger partial charge in [0.05, 0.1) is 28.2 Å². The number of rotatable bonds is 8. The lowest BCUT2D eigenvalue weighted by Gasteiger charge is -2.16. The number of aromatic nitrogens is 2. The summed E-state index contributed by atoms with van der Waals surface area (Å²) in [6.45, 7) is 3.54. The zero-order valence-electron chi connectivity index (χ0n) is 20.1. The summed E-state index contributed by atoms with van der Waals surface area (Å²) in [7, 11) is 0.